The lowest BCUT2D eigenvalue weighted by Gasteiger charge is -2.26. The van der Waals surface area contributed by atoms with E-state index in [1.807, 2.05) is 6.92 Å². The molecule has 0 amide bonds. The van der Waals surface area contributed by atoms with E-state index in [-0.39, 0.29) is 16.9 Å². The van der Waals surface area contributed by atoms with Gasteiger partial charge in [-0.15, -0.1) is 13.2 Å². The fraction of sp³-hybridized carbons (Fsp3) is 0.280. The molecule has 1 aliphatic rings. The van der Waals surface area contributed by atoms with Crippen molar-refractivity contribution in [2.45, 2.75) is 44.9 Å². The normalized spacial score (nSPS) is 16.0. The Hall–Kier alpha value is -2.96. The average Bonchev–Trinajstić information content (AvgIpc) is 2.72. The highest BCUT2D eigenvalue weighted by Crippen LogP contribution is 2.38. The second-order valence-electron chi connectivity index (χ2n) is 7.94. The number of hydrogen-bond donors (Lipinski definition) is 0. The van der Waals surface area contributed by atoms with E-state index < -0.39 is 29.7 Å². The first-order valence-corrected chi connectivity index (χ1v) is 10.3. The van der Waals surface area contributed by atoms with Gasteiger partial charge < -0.3 is 4.74 Å². The monoisotopic (exact) mass is 450 g/mol. The summed E-state index contributed by atoms with van der Waals surface area (Å²) in [5.74, 6) is -2.48. The number of alkyl halides is 3. The van der Waals surface area contributed by atoms with Crippen LogP contribution in [0.3, 0.4) is 0 Å². The molecule has 1 atom stereocenters. The van der Waals surface area contributed by atoms with Crippen molar-refractivity contribution in [3.8, 4) is 16.9 Å². The van der Waals surface area contributed by atoms with Gasteiger partial charge in [0.15, 0.2) is 0 Å². The zero-order valence-electron chi connectivity index (χ0n) is 17.2. The number of ether oxygens (including phenoxy) is 1. The molecule has 3 aromatic rings. The number of benzene rings is 3. The lowest BCUT2D eigenvalue weighted by molar-refractivity contribution is -0.274. The molecular weight excluding hydrogens is 430 g/mol. The third-order valence-electron chi connectivity index (χ3n) is 5.87. The van der Waals surface area contributed by atoms with Crippen molar-refractivity contribution in [2.24, 2.45) is 0 Å². The topological polar surface area (TPSA) is 9.23 Å². The lowest BCUT2D eigenvalue weighted by atomic mass is 9.78. The first kappa shape index (κ1) is 22.2. The van der Waals surface area contributed by atoms with E-state index in [1.54, 1.807) is 6.07 Å². The molecule has 0 aromatic heterocycles. The van der Waals surface area contributed by atoms with E-state index in [4.69, 9.17) is 0 Å². The molecule has 1 aliphatic carbocycles. The first-order chi connectivity index (χ1) is 15.1. The minimum absolute atomic E-state index is 0.0394. The molecule has 32 heavy (non-hydrogen) atoms. The molecule has 168 valence electrons. The summed E-state index contributed by atoms with van der Waals surface area (Å²) in [7, 11) is 0. The molecule has 0 N–H and O–H groups in total. The smallest absolute Gasteiger partial charge is 0.406 e. The Balaban J connectivity index is 1.60. The summed E-state index contributed by atoms with van der Waals surface area (Å²) in [6, 6.07) is 10.7. The van der Waals surface area contributed by atoms with Gasteiger partial charge in [0.2, 0.25) is 0 Å². The van der Waals surface area contributed by atoms with Crippen LogP contribution in [0.1, 0.15) is 41.5 Å². The maximum absolute atomic E-state index is 14.9. The highest BCUT2D eigenvalue weighted by Gasteiger charge is 2.31. The van der Waals surface area contributed by atoms with E-state index >= 15 is 0 Å². The van der Waals surface area contributed by atoms with E-state index in [9.17, 15) is 26.3 Å². The van der Waals surface area contributed by atoms with Crippen LogP contribution < -0.4 is 4.74 Å². The van der Waals surface area contributed by atoms with Crippen molar-refractivity contribution in [2.75, 3.05) is 0 Å². The minimum atomic E-state index is -4.80. The van der Waals surface area contributed by atoms with Crippen LogP contribution in [0.2, 0.25) is 0 Å². The molecule has 0 aliphatic heterocycles. The van der Waals surface area contributed by atoms with Gasteiger partial charge in [0, 0.05) is 11.1 Å². The van der Waals surface area contributed by atoms with Gasteiger partial charge in [-0.2, -0.15) is 0 Å². The van der Waals surface area contributed by atoms with Gasteiger partial charge in [-0.25, -0.2) is 13.2 Å². The summed E-state index contributed by atoms with van der Waals surface area (Å²) in [6.45, 7) is 1.82. The third-order valence-corrected chi connectivity index (χ3v) is 5.87. The second kappa shape index (κ2) is 8.52. The Morgan fingerprint density at radius 1 is 0.875 bits per heavy atom. The van der Waals surface area contributed by atoms with Crippen molar-refractivity contribution in [3.05, 3.63) is 88.2 Å². The van der Waals surface area contributed by atoms with Crippen molar-refractivity contribution in [1.29, 1.82) is 0 Å². The van der Waals surface area contributed by atoms with Crippen molar-refractivity contribution < 1.29 is 31.1 Å². The van der Waals surface area contributed by atoms with E-state index in [0.717, 1.165) is 17.7 Å². The number of halogens is 6. The quantitative estimate of drug-likeness (QED) is 0.374. The predicted molar refractivity (Wildman–Crippen MR) is 109 cm³/mol. The molecule has 0 heterocycles. The standard InChI is InChI=1S/C25H20F6O/c1-2-14-9-22(27)24(23(28)10-14)17-4-3-16-12-20(21(26)13-18(16)11-17)15-5-7-19(8-6-15)32-25(29,30)31/h5-10,12-13,17H,2-4,11H2,1H3. The third kappa shape index (κ3) is 4.61. The van der Waals surface area contributed by atoms with E-state index in [2.05, 4.69) is 4.74 Å². The van der Waals surface area contributed by atoms with Gasteiger partial charge in [0.25, 0.3) is 0 Å². The summed E-state index contributed by atoms with van der Waals surface area (Å²) < 4.78 is 84.8. The number of hydrogen-bond acceptors (Lipinski definition) is 1. The van der Waals surface area contributed by atoms with Crippen LogP contribution in [-0.2, 0) is 19.3 Å². The molecule has 0 saturated carbocycles. The summed E-state index contributed by atoms with van der Waals surface area (Å²) in [6.07, 6.45) is -2.94. The Kier molecular flexibility index (Phi) is 5.93. The molecule has 7 heteroatoms. The average molecular weight is 450 g/mol. The van der Waals surface area contributed by atoms with Gasteiger partial charge in [-0.1, -0.05) is 19.1 Å². The van der Waals surface area contributed by atoms with Crippen LogP contribution in [0.4, 0.5) is 26.3 Å². The molecule has 1 nitrogen and oxygen atoms in total. The summed E-state index contributed by atoms with van der Waals surface area (Å²) in [5, 5.41) is 0. The van der Waals surface area contributed by atoms with Crippen LogP contribution in [0.15, 0.2) is 48.5 Å². The lowest BCUT2D eigenvalue weighted by Crippen LogP contribution is -2.17. The Morgan fingerprint density at radius 2 is 1.53 bits per heavy atom. The molecule has 0 spiro atoms. The molecule has 0 fully saturated rings. The maximum atomic E-state index is 14.9. The molecule has 4 rings (SSSR count). The molecule has 3 aromatic carbocycles. The Labute approximate surface area is 181 Å². The Bertz CT molecular complexity index is 1110. The first-order valence-electron chi connectivity index (χ1n) is 10.3. The van der Waals surface area contributed by atoms with Gasteiger partial charge >= 0.3 is 6.36 Å². The summed E-state index contributed by atoms with van der Waals surface area (Å²) in [4.78, 5) is 0. The molecule has 0 saturated heterocycles. The van der Waals surface area contributed by atoms with Gasteiger partial charge in [0.1, 0.15) is 23.2 Å². The van der Waals surface area contributed by atoms with Crippen molar-refractivity contribution in [3.63, 3.8) is 0 Å². The van der Waals surface area contributed by atoms with Crippen LogP contribution >= 0.6 is 0 Å². The minimum Gasteiger partial charge on any atom is -0.406 e. The summed E-state index contributed by atoms with van der Waals surface area (Å²) in [5.41, 5.74) is 2.83. The number of aryl methyl sites for hydroxylation is 2. The SMILES string of the molecule is CCc1cc(F)c(C2CCc3cc(-c4ccc(OC(F)(F)F)cc4)c(F)cc3C2)c(F)c1. The fourth-order valence-electron chi connectivity index (χ4n) is 4.31. The highest BCUT2D eigenvalue weighted by atomic mass is 19.4. The second-order valence-corrected chi connectivity index (χ2v) is 7.94. The van der Waals surface area contributed by atoms with Crippen LogP contribution in [0.25, 0.3) is 11.1 Å². The Morgan fingerprint density at radius 3 is 2.12 bits per heavy atom. The van der Waals surface area contributed by atoms with Crippen LogP contribution in [0, 0.1) is 17.5 Å². The van der Waals surface area contributed by atoms with E-state index in [1.165, 1.54) is 30.3 Å². The van der Waals surface area contributed by atoms with Gasteiger partial charge in [-0.05, 0) is 90.3 Å². The largest absolute Gasteiger partial charge is 0.573 e. The van der Waals surface area contributed by atoms with Gasteiger partial charge in [0.05, 0.1) is 0 Å². The van der Waals surface area contributed by atoms with Crippen molar-refractivity contribution >= 4 is 0 Å². The molecular formula is C25H20F6O. The van der Waals surface area contributed by atoms with E-state index in [0.29, 0.717) is 42.4 Å². The molecule has 0 bridgehead atoms. The zero-order valence-corrected chi connectivity index (χ0v) is 17.2. The summed E-state index contributed by atoms with van der Waals surface area (Å²) >= 11 is 0. The maximum Gasteiger partial charge on any atom is 0.573 e. The molecule has 0 radical (unpaired) electrons. The number of fused-ring (bicyclic) bond motifs is 1. The van der Waals surface area contributed by atoms with Crippen LogP contribution in [0.5, 0.6) is 5.75 Å². The van der Waals surface area contributed by atoms with Crippen molar-refractivity contribution in [1.82, 2.24) is 0 Å². The highest BCUT2D eigenvalue weighted by molar-refractivity contribution is 5.67. The van der Waals surface area contributed by atoms with Crippen LogP contribution in [-0.4, -0.2) is 6.36 Å². The number of rotatable bonds is 4. The van der Waals surface area contributed by atoms with Gasteiger partial charge in [-0.3, -0.25) is 0 Å². The zero-order chi connectivity index (χ0) is 23.0. The molecule has 1 unspecified atom stereocenters. The predicted octanol–water partition coefficient (Wildman–Crippen LogP) is 7.50. The fourth-order valence-corrected chi connectivity index (χ4v) is 4.31.